The van der Waals surface area contributed by atoms with Crippen LogP contribution >= 0.6 is 0 Å². The van der Waals surface area contributed by atoms with Crippen LogP contribution in [0.15, 0.2) is 48.8 Å². The van der Waals surface area contributed by atoms with Crippen LogP contribution in [0.3, 0.4) is 0 Å². The number of rotatable bonds is 5. The number of carbonyl (C=O) groups is 2. The minimum atomic E-state index is -0.506. The predicted molar refractivity (Wildman–Crippen MR) is 88.9 cm³/mol. The van der Waals surface area contributed by atoms with Gasteiger partial charge in [-0.2, -0.15) is 0 Å². The number of carbonyl (C=O) groups excluding carboxylic acids is 2. The predicted octanol–water partition coefficient (Wildman–Crippen LogP) is 2.89. The largest absolute Gasteiger partial charge is 0.337 e. The fourth-order valence-electron chi connectivity index (χ4n) is 1.99. The van der Waals surface area contributed by atoms with Gasteiger partial charge < -0.3 is 5.32 Å². The molecule has 0 aliphatic rings. The Morgan fingerprint density at radius 1 is 1.00 bits per heavy atom. The molecule has 6 nitrogen and oxygen atoms in total. The van der Waals surface area contributed by atoms with E-state index in [1.807, 2.05) is 24.3 Å². The Bertz CT molecular complexity index is 641. The maximum atomic E-state index is 11.8. The molecule has 0 radical (unpaired) electrons. The van der Waals surface area contributed by atoms with Crippen molar-refractivity contribution in [1.82, 2.24) is 15.8 Å². The van der Waals surface area contributed by atoms with E-state index < -0.39 is 11.9 Å². The number of unbranched alkanes of at least 4 members (excludes halogenated alkanes) is 1. The lowest BCUT2D eigenvalue weighted by molar-refractivity contribution is 0.0938. The number of anilines is 1. The molecule has 0 aliphatic heterocycles. The van der Waals surface area contributed by atoms with Crippen LogP contribution in [-0.4, -0.2) is 16.9 Å². The first-order valence-electron chi connectivity index (χ1n) is 7.55. The first-order valence-corrected chi connectivity index (χ1v) is 7.55. The van der Waals surface area contributed by atoms with Gasteiger partial charge >= 0.3 is 6.03 Å². The maximum absolute atomic E-state index is 11.8. The molecule has 1 aromatic heterocycles. The SMILES string of the molecule is CCCCc1ccc(NC(=O)NNC(=O)c2ccncc2)cc1. The van der Waals surface area contributed by atoms with Crippen LogP contribution < -0.4 is 16.2 Å². The third-order valence-corrected chi connectivity index (χ3v) is 3.26. The minimum Gasteiger partial charge on any atom is -0.307 e. The number of aryl methyl sites for hydroxylation is 1. The summed E-state index contributed by atoms with van der Waals surface area (Å²) < 4.78 is 0. The van der Waals surface area contributed by atoms with E-state index in [-0.39, 0.29) is 0 Å². The normalized spacial score (nSPS) is 9.96. The van der Waals surface area contributed by atoms with Gasteiger partial charge in [-0.1, -0.05) is 25.5 Å². The molecule has 1 aromatic carbocycles. The van der Waals surface area contributed by atoms with Crippen LogP contribution in [0, 0.1) is 0 Å². The van der Waals surface area contributed by atoms with Gasteiger partial charge in [-0.15, -0.1) is 0 Å². The second-order valence-corrected chi connectivity index (χ2v) is 5.07. The first-order chi connectivity index (χ1) is 11.2. The molecule has 120 valence electrons. The maximum Gasteiger partial charge on any atom is 0.337 e. The van der Waals surface area contributed by atoms with Crippen molar-refractivity contribution in [2.75, 3.05) is 5.32 Å². The summed E-state index contributed by atoms with van der Waals surface area (Å²) in [7, 11) is 0. The van der Waals surface area contributed by atoms with E-state index in [1.54, 1.807) is 12.1 Å². The zero-order chi connectivity index (χ0) is 16.5. The lowest BCUT2D eigenvalue weighted by atomic mass is 10.1. The Kier molecular flexibility index (Phi) is 6.11. The van der Waals surface area contributed by atoms with Gasteiger partial charge in [0.1, 0.15) is 0 Å². The summed E-state index contributed by atoms with van der Waals surface area (Å²) in [5, 5.41) is 2.65. The van der Waals surface area contributed by atoms with Crippen LogP contribution in [0.4, 0.5) is 10.5 Å². The van der Waals surface area contributed by atoms with Crippen LogP contribution in [0.1, 0.15) is 35.7 Å². The van der Waals surface area contributed by atoms with Crippen LogP contribution in [0.25, 0.3) is 0 Å². The number of urea groups is 1. The van der Waals surface area contributed by atoms with Crippen molar-refractivity contribution >= 4 is 17.6 Å². The van der Waals surface area contributed by atoms with Crippen LogP contribution in [0.2, 0.25) is 0 Å². The molecule has 1 heterocycles. The van der Waals surface area contributed by atoms with Crippen molar-refractivity contribution in [2.45, 2.75) is 26.2 Å². The Balaban J connectivity index is 1.79. The summed E-state index contributed by atoms with van der Waals surface area (Å²) in [4.78, 5) is 27.3. The Labute approximate surface area is 135 Å². The van der Waals surface area contributed by atoms with Crippen molar-refractivity contribution < 1.29 is 9.59 Å². The number of hydrogen-bond donors (Lipinski definition) is 3. The van der Waals surface area contributed by atoms with Crippen molar-refractivity contribution in [3.8, 4) is 0 Å². The number of hydrazine groups is 1. The van der Waals surface area contributed by atoms with Crippen molar-refractivity contribution in [3.05, 3.63) is 59.9 Å². The Morgan fingerprint density at radius 3 is 2.35 bits per heavy atom. The smallest absolute Gasteiger partial charge is 0.307 e. The van der Waals surface area contributed by atoms with Crippen molar-refractivity contribution in [3.63, 3.8) is 0 Å². The van der Waals surface area contributed by atoms with Gasteiger partial charge in [0.25, 0.3) is 5.91 Å². The fraction of sp³-hybridized carbons (Fsp3) is 0.235. The molecule has 0 atom stereocenters. The summed E-state index contributed by atoms with van der Waals surface area (Å²) in [6, 6.07) is 10.3. The molecule has 0 saturated carbocycles. The Morgan fingerprint density at radius 2 is 1.70 bits per heavy atom. The molecule has 0 aliphatic carbocycles. The third-order valence-electron chi connectivity index (χ3n) is 3.26. The third kappa shape index (κ3) is 5.43. The molecule has 0 fully saturated rings. The average molecular weight is 312 g/mol. The first kappa shape index (κ1) is 16.5. The summed E-state index contributed by atoms with van der Waals surface area (Å²) in [5.74, 6) is -0.405. The molecule has 0 spiro atoms. The summed E-state index contributed by atoms with van der Waals surface area (Å²) in [5.41, 5.74) is 6.96. The number of pyridine rings is 1. The Hall–Kier alpha value is -2.89. The minimum absolute atomic E-state index is 0.405. The number of nitrogens with zero attached hydrogens (tertiary/aromatic N) is 1. The number of hydrogen-bond acceptors (Lipinski definition) is 3. The van der Waals surface area contributed by atoms with E-state index in [0.29, 0.717) is 11.3 Å². The molecule has 0 bridgehead atoms. The van der Waals surface area contributed by atoms with E-state index in [4.69, 9.17) is 0 Å². The fourth-order valence-corrected chi connectivity index (χ4v) is 1.99. The second kappa shape index (κ2) is 8.53. The van der Waals surface area contributed by atoms with E-state index in [1.165, 1.54) is 18.0 Å². The van der Waals surface area contributed by atoms with Gasteiger partial charge in [0, 0.05) is 23.6 Å². The molecular weight excluding hydrogens is 292 g/mol. The molecule has 0 unspecified atom stereocenters. The van der Waals surface area contributed by atoms with Gasteiger partial charge in [0.2, 0.25) is 0 Å². The lowest BCUT2D eigenvalue weighted by Crippen LogP contribution is -2.43. The molecule has 0 saturated heterocycles. The van der Waals surface area contributed by atoms with Gasteiger partial charge in [0.15, 0.2) is 0 Å². The number of amides is 3. The van der Waals surface area contributed by atoms with E-state index in [0.717, 1.165) is 19.3 Å². The highest BCUT2D eigenvalue weighted by Gasteiger charge is 2.06. The highest BCUT2D eigenvalue weighted by Crippen LogP contribution is 2.11. The number of aromatic nitrogens is 1. The zero-order valence-corrected chi connectivity index (χ0v) is 13.0. The molecule has 6 heteroatoms. The van der Waals surface area contributed by atoms with Gasteiger partial charge in [0.05, 0.1) is 0 Å². The summed E-state index contributed by atoms with van der Waals surface area (Å²) in [6.07, 6.45) is 6.35. The molecule has 2 rings (SSSR count). The summed E-state index contributed by atoms with van der Waals surface area (Å²) in [6.45, 7) is 2.15. The van der Waals surface area contributed by atoms with Gasteiger partial charge in [-0.05, 0) is 42.7 Å². The van der Waals surface area contributed by atoms with Crippen LogP contribution in [-0.2, 0) is 6.42 Å². The quantitative estimate of drug-likeness (QED) is 0.742. The summed E-state index contributed by atoms with van der Waals surface area (Å²) >= 11 is 0. The van der Waals surface area contributed by atoms with Crippen LogP contribution in [0.5, 0.6) is 0 Å². The van der Waals surface area contributed by atoms with E-state index in [9.17, 15) is 9.59 Å². The number of benzene rings is 1. The monoisotopic (exact) mass is 312 g/mol. The zero-order valence-electron chi connectivity index (χ0n) is 13.0. The standard InChI is InChI=1S/C17H20N4O2/c1-2-3-4-13-5-7-15(8-6-13)19-17(23)21-20-16(22)14-9-11-18-12-10-14/h5-12H,2-4H2,1H3,(H,20,22)(H2,19,21,23). The number of nitrogens with one attached hydrogen (secondary N) is 3. The van der Waals surface area contributed by atoms with Gasteiger partial charge in [-0.25, -0.2) is 10.2 Å². The molecule has 23 heavy (non-hydrogen) atoms. The highest BCUT2D eigenvalue weighted by molar-refractivity contribution is 5.96. The van der Waals surface area contributed by atoms with E-state index >= 15 is 0 Å². The molecule has 3 N–H and O–H groups in total. The second-order valence-electron chi connectivity index (χ2n) is 5.07. The molecule has 2 aromatic rings. The van der Waals surface area contributed by atoms with Crippen molar-refractivity contribution in [2.24, 2.45) is 0 Å². The molecule has 3 amide bonds. The van der Waals surface area contributed by atoms with Gasteiger partial charge in [-0.3, -0.25) is 15.2 Å². The topological polar surface area (TPSA) is 83.1 Å². The average Bonchev–Trinajstić information content (AvgIpc) is 2.60. The van der Waals surface area contributed by atoms with E-state index in [2.05, 4.69) is 28.1 Å². The highest BCUT2D eigenvalue weighted by atomic mass is 16.2. The lowest BCUT2D eigenvalue weighted by Gasteiger charge is -2.09. The van der Waals surface area contributed by atoms with Crippen molar-refractivity contribution in [1.29, 1.82) is 0 Å². The molecular formula is C17H20N4O2.